The van der Waals surface area contributed by atoms with Gasteiger partial charge in [0.15, 0.2) is 5.82 Å². The quantitative estimate of drug-likeness (QED) is 0.790. The number of hydrogen-bond acceptors (Lipinski definition) is 5. The number of hydrogen-bond donors (Lipinski definition) is 1. The molecule has 0 spiro atoms. The number of aromatic nitrogens is 4. The molecule has 0 radical (unpaired) electrons. The summed E-state index contributed by atoms with van der Waals surface area (Å²) in [5.74, 6) is 0.873. The Morgan fingerprint density at radius 1 is 1.19 bits per heavy atom. The Bertz CT molecular complexity index is 835. The van der Waals surface area contributed by atoms with Gasteiger partial charge in [0.2, 0.25) is 10.0 Å². The summed E-state index contributed by atoms with van der Waals surface area (Å²) in [6.07, 6.45) is 7.74. The maximum absolute atomic E-state index is 11.7. The summed E-state index contributed by atoms with van der Waals surface area (Å²) in [6.45, 7) is 3.90. The first-order valence-corrected chi connectivity index (χ1v) is 10.6. The average Bonchev–Trinajstić information content (AvgIpc) is 3.16. The molecule has 8 nitrogen and oxygen atoms in total. The molecule has 152 valence electrons. The van der Waals surface area contributed by atoms with E-state index in [0.717, 1.165) is 50.4 Å². The maximum Gasteiger partial charge on any atom is 0.211 e. The molecule has 1 N–H and O–H groups in total. The summed E-state index contributed by atoms with van der Waals surface area (Å²) in [7, 11) is -3.10. The van der Waals surface area contributed by atoms with Gasteiger partial charge in [-0.15, -0.1) is 24.8 Å². The Hall–Kier alpha value is -1.13. The smallest absolute Gasteiger partial charge is 0.211 e. The third kappa shape index (κ3) is 4.65. The number of imidazole rings is 1. The number of nitrogens with one attached hydrogen (secondary N) is 1. The summed E-state index contributed by atoms with van der Waals surface area (Å²) < 4.78 is 29.2. The molecule has 2 aliphatic rings. The second-order valence-corrected chi connectivity index (χ2v) is 8.81. The van der Waals surface area contributed by atoms with Crippen molar-refractivity contribution in [3.63, 3.8) is 0 Å². The fraction of sp³-hybridized carbons (Fsp3) is 0.625. The zero-order valence-electron chi connectivity index (χ0n) is 15.2. The van der Waals surface area contributed by atoms with E-state index in [0.29, 0.717) is 13.1 Å². The van der Waals surface area contributed by atoms with Gasteiger partial charge in [-0.05, 0) is 31.9 Å². The third-order valence-corrected chi connectivity index (χ3v) is 6.38. The monoisotopic (exact) mass is 436 g/mol. The topological polar surface area (TPSA) is 85.1 Å². The van der Waals surface area contributed by atoms with Crippen LogP contribution in [0, 0.1) is 0 Å². The lowest BCUT2D eigenvalue weighted by Crippen LogP contribution is -2.38. The minimum atomic E-state index is -3.10. The van der Waals surface area contributed by atoms with Crippen molar-refractivity contribution >= 4 is 34.8 Å². The Kier molecular flexibility index (Phi) is 7.32. The number of fused-ring (bicyclic) bond motifs is 1. The van der Waals surface area contributed by atoms with E-state index in [1.54, 1.807) is 10.5 Å². The van der Waals surface area contributed by atoms with Gasteiger partial charge < -0.3 is 9.88 Å². The van der Waals surface area contributed by atoms with Crippen LogP contribution >= 0.6 is 24.8 Å². The first-order chi connectivity index (χ1) is 12.0. The number of rotatable bonds is 3. The number of piperidine rings is 1. The Labute approximate surface area is 172 Å². The van der Waals surface area contributed by atoms with Gasteiger partial charge in [0.25, 0.3) is 0 Å². The fourth-order valence-electron chi connectivity index (χ4n) is 3.73. The van der Waals surface area contributed by atoms with E-state index in [1.165, 1.54) is 11.9 Å². The molecule has 0 saturated carbocycles. The molecular weight excluding hydrogens is 411 g/mol. The summed E-state index contributed by atoms with van der Waals surface area (Å²) in [5, 5.41) is 8.16. The molecule has 4 heterocycles. The highest BCUT2D eigenvalue weighted by Gasteiger charge is 2.27. The van der Waals surface area contributed by atoms with Gasteiger partial charge in [0.05, 0.1) is 11.9 Å². The van der Waals surface area contributed by atoms with Crippen molar-refractivity contribution in [2.24, 2.45) is 0 Å². The molecule has 1 saturated heterocycles. The van der Waals surface area contributed by atoms with Gasteiger partial charge in [-0.2, -0.15) is 5.10 Å². The first-order valence-electron chi connectivity index (χ1n) is 8.78. The number of aryl methyl sites for hydroxylation is 1. The van der Waals surface area contributed by atoms with Crippen molar-refractivity contribution in [3.05, 3.63) is 24.2 Å². The lowest BCUT2D eigenvalue weighted by molar-refractivity contribution is 0.276. The Morgan fingerprint density at radius 3 is 2.63 bits per heavy atom. The highest BCUT2D eigenvalue weighted by atomic mass is 35.5. The largest absolute Gasteiger partial charge is 0.326 e. The predicted molar refractivity (Wildman–Crippen MR) is 109 cm³/mol. The van der Waals surface area contributed by atoms with Crippen LogP contribution < -0.4 is 5.32 Å². The molecule has 2 aliphatic heterocycles. The molecule has 11 heteroatoms. The molecule has 1 fully saturated rings. The second-order valence-electron chi connectivity index (χ2n) is 6.83. The maximum atomic E-state index is 11.7. The summed E-state index contributed by atoms with van der Waals surface area (Å²) in [6, 6.07) is 2.37. The van der Waals surface area contributed by atoms with Gasteiger partial charge in [-0.1, -0.05) is 0 Å². The van der Waals surface area contributed by atoms with Gasteiger partial charge in [0.1, 0.15) is 5.69 Å². The van der Waals surface area contributed by atoms with E-state index in [9.17, 15) is 8.42 Å². The van der Waals surface area contributed by atoms with Crippen LogP contribution in [0.25, 0.3) is 11.5 Å². The van der Waals surface area contributed by atoms with Crippen LogP contribution in [0.2, 0.25) is 0 Å². The molecular formula is C16H26Cl2N6O2S. The van der Waals surface area contributed by atoms with E-state index in [4.69, 9.17) is 5.10 Å². The minimum absolute atomic E-state index is 0. The van der Waals surface area contributed by atoms with Crippen molar-refractivity contribution in [3.8, 4) is 11.5 Å². The predicted octanol–water partition coefficient (Wildman–Crippen LogP) is 1.68. The molecule has 0 aromatic carbocycles. The lowest BCUT2D eigenvalue weighted by atomic mass is 10.1. The van der Waals surface area contributed by atoms with Crippen molar-refractivity contribution in [1.82, 2.24) is 29.0 Å². The van der Waals surface area contributed by atoms with E-state index in [-0.39, 0.29) is 30.9 Å². The van der Waals surface area contributed by atoms with Gasteiger partial charge >= 0.3 is 0 Å². The average molecular weight is 437 g/mol. The third-order valence-electron chi connectivity index (χ3n) is 5.08. The lowest BCUT2D eigenvalue weighted by Gasteiger charge is -2.31. The van der Waals surface area contributed by atoms with Crippen LogP contribution in [-0.4, -0.2) is 57.9 Å². The molecule has 0 aliphatic carbocycles. The van der Waals surface area contributed by atoms with Crippen LogP contribution in [0.1, 0.15) is 31.0 Å². The van der Waals surface area contributed by atoms with Gasteiger partial charge in [-0.3, -0.25) is 4.68 Å². The summed E-state index contributed by atoms with van der Waals surface area (Å²) in [4.78, 5) is 4.53. The SMILES string of the molecule is CS(=O)(=O)N1CCC(n2ccnc2-c2cc3n(n2)CCCNC3)CC1.Cl.Cl. The Balaban J connectivity index is 0.00000131. The summed E-state index contributed by atoms with van der Waals surface area (Å²) in [5.41, 5.74) is 2.09. The van der Waals surface area contributed by atoms with Crippen LogP contribution in [0.4, 0.5) is 0 Å². The van der Waals surface area contributed by atoms with Crippen LogP contribution in [0.5, 0.6) is 0 Å². The van der Waals surface area contributed by atoms with Crippen molar-refractivity contribution in [2.45, 2.75) is 38.4 Å². The van der Waals surface area contributed by atoms with Gasteiger partial charge in [0, 0.05) is 44.6 Å². The highest BCUT2D eigenvalue weighted by molar-refractivity contribution is 7.88. The van der Waals surface area contributed by atoms with Crippen LogP contribution in [-0.2, 0) is 23.1 Å². The summed E-state index contributed by atoms with van der Waals surface area (Å²) >= 11 is 0. The van der Waals surface area contributed by atoms with E-state index in [2.05, 4.69) is 25.6 Å². The molecule has 0 bridgehead atoms. The van der Waals surface area contributed by atoms with Crippen molar-refractivity contribution in [2.75, 3.05) is 25.9 Å². The number of nitrogens with zero attached hydrogens (tertiary/aromatic N) is 5. The molecule has 0 unspecified atom stereocenters. The molecule has 2 aromatic rings. The molecule has 27 heavy (non-hydrogen) atoms. The van der Waals surface area contributed by atoms with Gasteiger partial charge in [-0.25, -0.2) is 17.7 Å². The Morgan fingerprint density at radius 2 is 1.93 bits per heavy atom. The fourth-order valence-corrected chi connectivity index (χ4v) is 4.60. The van der Waals surface area contributed by atoms with E-state index >= 15 is 0 Å². The standard InChI is InChI=1S/C16H24N6O2S.2ClH/c1-25(23,24)20-8-3-13(4-9-20)21-10-6-18-16(21)15-11-14-12-17-5-2-7-22(14)19-15;;/h6,10-11,13,17H,2-5,7-9,12H2,1H3;2*1H. The molecule has 0 atom stereocenters. The molecule has 2 aromatic heterocycles. The second kappa shape index (κ2) is 8.91. The van der Waals surface area contributed by atoms with Crippen molar-refractivity contribution in [1.29, 1.82) is 0 Å². The molecule has 4 rings (SSSR count). The van der Waals surface area contributed by atoms with E-state index < -0.39 is 10.0 Å². The number of halogens is 2. The van der Waals surface area contributed by atoms with Crippen LogP contribution in [0.15, 0.2) is 18.5 Å². The first kappa shape index (κ1) is 22.2. The zero-order valence-corrected chi connectivity index (χ0v) is 17.7. The van der Waals surface area contributed by atoms with E-state index in [1.807, 2.05) is 6.20 Å². The normalized spacial score (nSPS) is 18.9. The zero-order chi connectivity index (χ0) is 17.4. The molecule has 0 amide bonds. The number of sulfonamides is 1. The highest BCUT2D eigenvalue weighted by Crippen LogP contribution is 2.29. The minimum Gasteiger partial charge on any atom is -0.326 e. The van der Waals surface area contributed by atoms with Crippen molar-refractivity contribution < 1.29 is 8.42 Å². The van der Waals surface area contributed by atoms with Crippen LogP contribution in [0.3, 0.4) is 0 Å².